The first kappa shape index (κ1) is 94.0. The average Bonchev–Trinajstić information content (AvgIpc) is 1.70. The fourth-order valence-electron chi connectivity index (χ4n) is 12.6. The number of benzene rings is 4. The van der Waals surface area contributed by atoms with Crippen molar-refractivity contribution in [3.8, 4) is 0 Å². The van der Waals surface area contributed by atoms with Crippen molar-refractivity contribution < 1.29 is 107 Å². The van der Waals surface area contributed by atoms with Crippen LogP contribution in [0.2, 0.25) is 0 Å². The number of carboxylic acid groups (broad SMARTS) is 3. The van der Waals surface area contributed by atoms with Crippen molar-refractivity contribution in [3.63, 3.8) is 0 Å². The Bertz CT molecular complexity index is 4600. The number of likely N-dealkylation sites (tertiary alicyclic amines) is 1. The number of aromatic nitrogens is 2. The monoisotopic (exact) mass is 1710 g/mol. The zero-order valence-electron chi connectivity index (χ0n) is 64.4. The van der Waals surface area contributed by atoms with Crippen LogP contribution in [0.25, 0.3) is 21.8 Å². The van der Waals surface area contributed by atoms with E-state index in [4.69, 9.17) is 5.73 Å². The van der Waals surface area contributed by atoms with Crippen LogP contribution in [0, 0.1) is 0 Å². The van der Waals surface area contributed by atoms with E-state index in [2.05, 4.69) is 104 Å². The number of aliphatic hydroxyl groups is 2. The molecule has 0 spiro atoms. The van der Waals surface area contributed by atoms with Gasteiger partial charge in [-0.3, -0.25) is 76.7 Å². The van der Waals surface area contributed by atoms with Crippen molar-refractivity contribution in [1.29, 1.82) is 0 Å². The topological polar surface area (TPSA) is 609 Å². The van der Waals surface area contributed by atoms with E-state index in [0.29, 0.717) is 45.3 Å². The summed E-state index contributed by atoms with van der Waals surface area (Å²) in [6, 6.07) is 11.7. The predicted molar refractivity (Wildman–Crippen MR) is 437 cm³/mol. The van der Waals surface area contributed by atoms with Crippen molar-refractivity contribution >= 4 is 159 Å². The van der Waals surface area contributed by atoms with Crippen molar-refractivity contribution in [2.24, 2.45) is 5.73 Å². The Morgan fingerprint density at radius 2 is 0.882 bits per heavy atom. The van der Waals surface area contributed by atoms with E-state index in [1.54, 1.807) is 128 Å². The number of carboxylic acids is 3. The molecular weight excluding hydrogens is 1610 g/mol. The number of aromatic amines is 2. The Morgan fingerprint density at radius 3 is 1.40 bits per heavy atom. The van der Waals surface area contributed by atoms with Gasteiger partial charge >= 0.3 is 17.9 Å². The normalized spacial score (nSPS) is 15.1. The summed E-state index contributed by atoms with van der Waals surface area (Å²) < 4.78 is 0. The smallest absolute Gasteiger partial charge is 0.326 e. The van der Waals surface area contributed by atoms with Gasteiger partial charge < -0.3 is 115 Å². The third kappa shape index (κ3) is 29.2. The highest BCUT2D eigenvalue weighted by atomic mass is 32.2. The van der Waals surface area contributed by atoms with Crippen LogP contribution in [0.4, 0.5) is 0 Å². The van der Waals surface area contributed by atoms with Crippen LogP contribution in [0.3, 0.4) is 0 Å². The van der Waals surface area contributed by atoms with E-state index < -0.39 is 231 Å². The minimum atomic E-state index is -1.98. The van der Waals surface area contributed by atoms with Gasteiger partial charge in [-0.15, -0.1) is 0 Å². The lowest BCUT2D eigenvalue weighted by Gasteiger charge is -2.30. The summed E-state index contributed by atoms with van der Waals surface area (Å²) in [7, 11) is 0. The number of aliphatic hydroxyl groups excluding tert-OH is 2. The molecule has 0 bridgehead atoms. The van der Waals surface area contributed by atoms with Crippen molar-refractivity contribution in [2.75, 3.05) is 62.9 Å². The van der Waals surface area contributed by atoms with Crippen molar-refractivity contribution in [3.05, 3.63) is 144 Å². The van der Waals surface area contributed by atoms with E-state index in [0.717, 1.165) is 10.9 Å². The number of aliphatic carboxylic acids is 3. The second kappa shape index (κ2) is 47.3. The molecule has 4 aromatic carbocycles. The van der Waals surface area contributed by atoms with Gasteiger partial charge in [0.05, 0.1) is 39.3 Å². The Kier molecular flexibility index (Phi) is 37.4. The maximum Gasteiger partial charge on any atom is 0.326 e. The summed E-state index contributed by atoms with van der Waals surface area (Å²) in [6.45, 7) is -4.24. The molecule has 1 fully saturated rings. The van der Waals surface area contributed by atoms with Gasteiger partial charge in [-0.1, -0.05) is 97.1 Å². The fraction of sp³-hybridized carbons (Fsp3) is 0.416. The van der Waals surface area contributed by atoms with Gasteiger partial charge in [0, 0.05) is 84.4 Å². The van der Waals surface area contributed by atoms with Gasteiger partial charge in [0.2, 0.25) is 82.7 Å². The zero-order chi connectivity index (χ0) is 86.8. The molecule has 0 aliphatic carbocycles. The molecule has 42 heteroatoms. The summed E-state index contributed by atoms with van der Waals surface area (Å²) in [4.78, 5) is 238. The quantitative estimate of drug-likeness (QED) is 0.0160. The first-order chi connectivity index (χ1) is 56.9. The molecule has 1 saturated heterocycles. The summed E-state index contributed by atoms with van der Waals surface area (Å²) in [5.74, 6) is -18.7. The predicted octanol–water partition coefficient (Wildman–Crippen LogP) is -4.54. The molecule has 119 heavy (non-hydrogen) atoms. The highest BCUT2D eigenvalue weighted by molar-refractivity contribution is 7.98. The van der Waals surface area contributed by atoms with Crippen LogP contribution in [-0.2, 0) is 107 Å². The number of carbonyl (C=O) groups is 17. The minimum absolute atomic E-state index is 0.00229. The summed E-state index contributed by atoms with van der Waals surface area (Å²) in [5, 5.41) is 81.7. The highest BCUT2D eigenvalue weighted by Gasteiger charge is 2.41. The molecule has 14 amide bonds. The number of fused-ring (bicyclic) bond motifs is 2. The molecule has 2 aromatic heterocycles. The second-order valence-corrected chi connectivity index (χ2v) is 29.3. The average molecular weight is 1710 g/mol. The molecule has 0 radical (unpaired) electrons. The number of nitrogens with two attached hydrogens (primary N) is 1. The molecule has 6 aromatic rings. The van der Waals surface area contributed by atoms with Gasteiger partial charge in [0.1, 0.15) is 72.5 Å². The lowest BCUT2D eigenvalue weighted by molar-refractivity contribution is -0.143. The van der Waals surface area contributed by atoms with Crippen LogP contribution in [0.5, 0.6) is 0 Å². The molecule has 7 rings (SSSR count). The van der Waals surface area contributed by atoms with Gasteiger partial charge in [-0.2, -0.15) is 37.0 Å². The van der Waals surface area contributed by atoms with Crippen LogP contribution < -0.4 is 74.9 Å². The van der Waals surface area contributed by atoms with Crippen LogP contribution >= 0.6 is 37.0 Å². The maximum absolute atomic E-state index is 14.6. The Hall–Kier alpha value is -12.1. The molecule has 3 heterocycles. The maximum atomic E-state index is 14.6. The number of H-pyrrole nitrogens is 2. The van der Waals surface area contributed by atoms with Crippen LogP contribution in [-0.4, -0.2) is 276 Å². The summed E-state index contributed by atoms with van der Waals surface area (Å²) in [5.41, 5.74) is 9.01. The lowest BCUT2D eigenvalue weighted by Crippen LogP contribution is -2.61. The second-order valence-electron chi connectivity index (χ2n) is 27.6. The first-order valence-electron chi connectivity index (χ1n) is 37.6. The standard InChI is InChI=1S/C77H97N17O22S3/c1-119-26-24-51(77(115)116)86-72(110)57(38-96)91-70(108)54(29-43-32-79-48-19-10-8-17-45(43)48)88-73(111)59(40-118)93-71(109)55(31-65(102)103)89-69(107)53(28-42-15-6-3-7-16-42)85-62(98)35-81-61(97)34-82-67(105)52(27-41-13-4-2-5-14-41)87-68(106)50(22-23-64(100)101)84-63(99)36-83-75(113)60-21-12-25-94(60)76(114)56(30-44-33-80-49-20-11-9-18-46(44)49)90-74(112)58(39-117)92-66(104)47(78)37-95/h2-11,13-20,32-33,47,50-60,79-80,95-96,117-118H,12,21-31,34-40,78H2,1H3,(H,81,97)(H,82,105)(H,83,113)(H,84,99)(H,85,98)(H,86,110)(H,87,106)(H,88,111)(H,89,107)(H,90,112)(H,91,108)(H,92,104)(H,93,109)(H,100,101)(H,102,103)(H,115,116)/t47-,50-,51-,52-,53-,54-,55-,56-,57-,58-,59-,60-/m0/s1. The van der Waals surface area contributed by atoms with Crippen LogP contribution in [0.15, 0.2) is 122 Å². The fourth-order valence-corrected chi connectivity index (χ4v) is 13.6. The highest BCUT2D eigenvalue weighted by Crippen LogP contribution is 2.25. The summed E-state index contributed by atoms with van der Waals surface area (Å²) >= 11 is 9.74. The molecule has 12 atom stereocenters. The molecule has 0 saturated carbocycles. The number of nitrogens with zero attached hydrogens (tertiary/aromatic N) is 1. The molecule has 0 unspecified atom stereocenters. The first-order valence-corrected chi connectivity index (χ1v) is 40.3. The molecule has 640 valence electrons. The largest absolute Gasteiger partial charge is 0.481 e. The van der Waals surface area contributed by atoms with Gasteiger partial charge in [0.15, 0.2) is 0 Å². The minimum Gasteiger partial charge on any atom is -0.481 e. The molecule has 22 N–H and O–H groups in total. The van der Waals surface area contributed by atoms with Crippen LogP contribution in [0.1, 0.15) is 60.8 Å². The van der Waals surface area contributed by atoms with E-state index in [1.807, 2.05) is 0 Å². The van der Waals surface area contributed by atoms with Gasteiger partial charge in [0.25, 0.3) is 0 Å². The number of nitrogens with one attached hydrogen (secondary N) is 15. The Labute approximate surface area is 696 Å². The number of hydrogen-bond acceptors (Lipinski definition) is 23. The number of hydrogen-bond donors (Lipinski definition) is 23. The number of rotatable bonds is 48. The molecule has 1 aliphatic rings. The van der Waals surface area contributed by atoms with E-state index in [9.17, 15) is 107 Å². The van der Waals surface area contributed by atoms with E-state index >= 15 is 0 Å². The SMILES string of the molecule is CSCC[C@H](NC(=O)[C@H](CO)NC(=O)[C@H](Cc1c[nH]c2ccccc12)NC(=O)[C@H](CS)NC(=O)[C@H](CC(=O)O)NC(=O)[C@H](Cc1ccccc1)NC(=O)CNC(=O)CNC(=O)[C@H](Cc1ccccc1)NC(=O)[C@H](CCC(=O)O)NC(=O)CNC(=O)[C@@H]1CCCN1C(=O)[C@H](Cc1c[nH]c2ccccc12)NC(=O)[C@H](CS)NC(=O)[C@@H](N)CO)C(=O)O. The summed E-state index contributed by atoms with van der Waals surface area (Å²) in [6.07, 6.45) is 2.08. The lowest BCUT2D eigenvalue weighted by atomic mass is 10.0. The number of amides is 14. The van der Waals surface area contributed by atoms with Gasteiger partial charge in [-0.05, 0) is 72.1 Å². The zero-order valence-corrected chi connectivity index (χ0v) is 67.0. The molecule has 39 nitrogen and oxygen atoms in total. The Balaban J connectivity index is 0.971. The Morgan fingerprint density at radius 1 is 0.454 bits per heavy atom. The van der Waals surface area contributed by atoms with E-state index in [-0.39, 0.29) is 50.8 Å². The third-order valence-corrected chi connectivity index (χ3v) is 20.3. The van der Waals surface area contributed by atoms with Gasteiger partial charge in [-0.25, -0.2) is 4.79 Å². The molecular formula is C77H97N17O22S3. The number of thiol groups is 2. The molecule has 1 aliphatic heterocycles. The number of para-hydroxylation sites is 2. The van der Waals surface area contributed by atoms with Crippen molar-refractivity contribution in [2.45, 2.75) is 137 Å². The van der Waals surface area contributed by atoms with Crippen molar-refractivity contribution in [1.82, 2.24) is 84.0 Å². The number of carbonyl (C=O) groups excluding carboxylic acids is 14. The number of thioether (sulfide) groups is 1. The third-order valence-electron chi connectivity index (χ3n) is 18.9. The van der Waals surface area contributed by atoms with E-state index in [1.165, 1.54) is 16.7 Å².